The molecule has 2 aromatic rings. The Kier molecular flexibility index (Phi) is 3.05. The molecule has 3 rings (SSSR count). The number of carbonyl (C=O) groups excluding carboxylic acids is 1. The lowest BCUT2D eigenvalue weighted by Gasteiger charge is -2.26. The van der Waals surface area contributed by atoms with Gasteiger partial charge in [0.1, 0.15) is 6.04 Å². The SMILES string of the molecule is CC1=C(C(N)=O)C(c2ccccc2[N+](=O)[O-])n2nnnc2N1. The second kappa shape index (κ2) is 4.91. The van der Waals surface area contributed by atoms with Crippen LogP contribution in [0.3, 0.4) is 0 Å². The molecular formula is C12H11N7O3. The van der Waals surface area contributed by atoms with Crippen molar-refractivity contribution in [2.45, 2.75) is 13.0 Å². The number of nitrogens with zero attached hydrogens (tertiary/aromatic N) is 5. The molecular weight excluding hydrogens is 290 g/mol. The van der Waals surface area contributed by atoms with Gasteiger partial charge in [-0.25, -0.2) is 0 Å². The minimum atomic E-state index is -0.856. The maximum atomic E-state index is 11.8. The van der Waals surface area contributed by atoms with Crippen LogP contribution in [0.15, 0.2) is 35.5 Å². The molecule has 1 aromatic carbocycles. The average Bonchev–Trinajstić information content (AvgIpc) is 2.93. The Morgan fingerprint density at radius 1 is 1.45 bits per heavy atom. The number of fused-ring (bicyclic) bond motifs is 1. The summed E-state index contributed by atoms with van der Waals surface area (Å²) in [5.74, 6) is -0.417. The molecule has 1 aromatic heterocycles. The number of anilines is 1. The zero-order chi connectivity index (χ0) is 15.9. The summed E-state index contributed by atoms with van der Waals surface area (Å²) in [6.45, 7) is 1.64. The number of allylic oxidation sites excluding steroid dienone is 1. The van der Waals surface area contributed by atoms with E-state index >= 15 is 0 Å². The van der Waals surface area contributed by atoms with Crippen molar-refractivity contribution in [2.24, 2.45) is 5.73 Å². The number of amides is 1. The molecule has 1 unspecified atom stereocenters. The first kappa shape index (κ1) is 13.7. The largest absolute Gasteiger partial charge is 0.366 e. The summed E-state index contributed by atoms with van der Waals surface area (Å²) in [6, 6.07) is 5.24. The molecule has 0 radical (unpaired) electrons. The first-order valence-corrected chi connectivity index (χ1v) is 6.29. The molecule has 0 saturated heterocycles. The number of aromatic nitrogens is 4. The van der Waals surface area contributed by atoms with Crippen molar-refractivity contribution in [2.75, 3.05) is 5.32 Å². The molecule has 10 heteroatoms. The Morgan fingerprint density at radius 2 is 2.18 bits per heavy atom. The highest BCUT2D eigenvalue weighted by Gasteiger charge is 2.36. The Morgan fingerprint density at radius 3 is 2.86 bits per heavy atom. The summed E-state index contributed by atoms with van der Waals surface area (Å²) >= 11 is 0. The van der Waals surface area contributed by atoms with Gasteiger partial charge in [-0.3, -0.25) is 14.9 Å². The van der Waals surface area contributed by atoms with Crippen LogP contribution in [-0.4, -0.2) is 31.0 Å². The first-order valence-electron chi connectivity index (χ1n) is 6.29. The lowest BCUT2D eigenvalue weighted by atomic mass is 9.94. The van der Waals surface area contributed by atoms with Crippen LogP contribution in [-0.2, 0) is 4.79 Å². The van der Waals surface area contributed by atoms with E-state index in [0.29, 0.717) is 5.70 Å². The van der Waals surface area contributed by atoms with Gasteiger partial charge in [0.15, 0.2) is 0 Å². The van der Waals surface area contributed by atoms with Gasteiger partial charge >= 0.3 is 0 Å². The van der Waals surface area contributed by atoms with Crippen molar-refractivity contribution in [3.8, 4) is 0 Å². The van der Waals surface area contributed by atoms with Crippen LogP contribution in [0, 0.1) is 10.1 Å². The number of nitrogens with one attached hydrogen (secondary N) is 1. The zero-order valence-corrected chi connectivity index (χ0v) is 11.4. The lowest BCUT2D eigenvalue weighted by Crippen LogP contribution is -2.32. The van der Waals surface area contributed by atoms with Crippen LogP contribution in [0.25, 0.3) is 0 Å². The van der Waals surface area contributed by atoms with Crippen molar-refractivity contribution in [1.29, 1.82) is 0 Å². The van der Waals surface area contributed by atoms with Gasteiger partial charge in [0.25, 0.3) is 5.69 Å². The van der Waals surface area contributed by atoms with Crippen molar-refractivity contribution in [3.05, 3.63) is 51.2 Å². The highest BCUT2D eigenvalue weighted by molar-refractivity contribution is 5.95. The number of primary amides is 1. The molecule has 3 N–H and O–H groups in total. The number of nitrogens with two attached hydrogens (primary N) is 1. The summed E-state index contributed by atoms with van der Waals surface area (Å²) in [5, 5.41) is 25.3. The van der Waals surface area contributed by atoms with Crippen molar-refractivity contribution in [1.82, 2.24) is 20.2 Å². The van der Waals surface area contributed by atoms with E-state index in [1.807, 2.05) is 0 Å². The number of benzene rings is 1. The monoisotopic (exact) mass is 301 g/mol. The van der Waals surface area contributed by atoms with E-state index in [0.717, 1.165) is 0 Å². The predicted octanol–water partition coefficient (Wildman–Crippen LogP) is 0.355. The number of nitro benzene ring substituents is 1. The molecule has 0 aliphatic carbocycles. The average molecular weight is 301 g/mol. The molecule has 1 amide bonds. The molecule has 0 bridgehead atoms. The lowest BCUT2D eigenvalue weighted by molar-refractivity contribution is -0.385. The van der Waals surface area contributed by atoms with Crippen LogP contribution in [0.2, 0.25) is 0 Å². The Hall–Kier alpha value is -3.30. The predicted molar refractivity (Wildman–Crippen MR) is 74.6 cm³/mol. The molecule has 112 valence electrons. The molecule has 0 fully saturated rings. The van der Waals surface area contributed by atoms with Gasteiger partial charge in [0.05, 0.1) is 16.1 Å². The molecule has 1 aliphatic heterocycles. The van der Waals surface area contributed by atoms with E-state index in [9.17, 15) is 14.9 Å². The third kappa shape index (κ3) is 1.97. The van der Waals surface area contributed by atoms with Crippen molar-refractivity contribution in [3.63, 3.8) is 0 Å². The quantitative estimate of drug-likeness (QED) is 0.615. The van der Waals surface area contributed by atoms with Gasteiger partial charge in [-0.05, 0) is 23.4 Å². The summed E-state index contributed by atoms with van der Waals surface area (Å²) in [6.07, 6.45) is 0. The van der Waals surface area contributed by atoms with Crippen LogP contribution < -0.4 is 11.1 Å². The molecule has 0 saturated carbocycles. The zero-order valence-electron chi connectivity index (χ0n) is 11.4. The molecule has 22 heavy (non-hydrogen) atoms. The van der Waals surface area contributed by atoms with E-state index in [-0.39, 0.29) is 22.8 Å². The van der Waals surface area contributed by atoms with Gasteiger partial charge in [0.2, 0.25) is 11.9 Å². The number of hydrogen-bond acceptors (Lipinski definition) is 7. The highest BCUT2D eigenvalue weighted by atomic mass is 16.6. The van der Waals surface area contributed by atoms with E-state index in [2.05, 4.69) is 20.8 Å². The molecule has 1 atom stereocenters. The van der Waals surface area contributed by atoms with Crippen molar-refractivity contribution >= 4 is 17.5 Å². The second-order valence-corrected chi connectivity index (χ2v) is 4.69. The van der Waals surface area contributed by atoms with Gasteiger partial charge in [-0.2, -0.15) is 4.68 Å². The number of tetrazole rings is 1. The van der Waals surface area contributed by atoms with Gasteiger partial charge in [-0.1, -0.05) is 17.2 Å². The molecule has 10 nitrogen and oxygen atoms in total. The van der Waals surface area contributed by atoms with Gasteiger partial charge in [0, 0.05) is 11.8 Å². The van der Waals surface area contributed by atoms with Crippen LogP contribution in [0.5, 0.6) is 0 Å². The smallest absolute Gasteiger partial charge is 0.275 e. The summed E-state index contributed by atoms with van der Waals surface area (Å²) < 4.78 is 1.30. The maximum Gasteiger partial charge on any atom is 0.275 e. The third-order valence-electron chi connectivity index (χ3n) is 3.41. The van der Waals surface area contributed by atoms with Crippen molar-refractivity contribution < 1.29 is 9.72 Å². The standard InChI is InChI=1S/C12H11N7O3/c1-6-9(11(13)20)10(18-12(14-6)15-16-17-18)7-4-2-3-5-8(7)19(21)22/h2-5,10H,1H3,(H2,13,20)(H,14,15,17). The first-order chi connectivity index (χ1) is 10.5. The topological polar surface area (TPSA) is 142 Å². The number of para-hydroxylation sites is 1. The second-order valence-electron chi connectivity index (χ2n) is 4.69. The van der Waals surface area contributed by atoms with Crippen LogP contribution in [0.4, 0.5) is 11.6 Å². The van der Waals surface area contributed by atoms with Crippen LogP contribution >= 0.6 is 0 Å². The Bertz CT molecular complexity index is 811. The van der Waals surface area contributed by atoms with E-state index in [1.165, 1.54) is 10.7 Å². The fourth-order valence-corrected chi connectivity index (χ4v) is 2.50. The molecule has 0 spiro atoms. The number of carbonyl (C=O) groups is 1. The highest BCUT2D eigenvalue weighted by Crippen LogP contribution is 2.37. The molecule has 1 aliphatic rings. The number of nitro groups is 1. The third-order valence-corrected chi connectivity index (χ3v) is 3.41. The fraction of sp³-hybridized carbons (Fsp3) is 0.167. The minimum Gasteiger partial charge on any atom is -0.366 e. The van der Waals surface area contributed by atoms with Gasteiger partial charge < -0.3 is 11.1 Å². The normalized spacial score (nSPS) is 16.9. The van der Waals surface area contributed by atoms with E-state index in [4.69, 9.17) is 5.73 Å². The minimum absolute atomic E-state index is 0.137. The van der Waals surface area contributed by atoms with E-state index < -0.39 is 16.9 Å². The Balaban J connectivity index is 2.28. The van der Waals surface area contributed by atoms with Gasteiger partial charge in [-0.15, -0.1) is 0 Å². The maximum absolute atomic E-state index is 11.8. The summed E-state index contributed by atoms with van der Waals surface area (Å²) in [5.41, 5.74) is 6.23. The summed E-state index contributed by atoms with van der Waals surface area (Å²) in [4.78, 5) is 22.6. The Labute approximate surface area is 123 Å². The van der Waals surface area contributed by atoms with E-state index in [1.54, 1.807) is 25.1 Å². The molecule has 2 heterocycles. The number of hydrogen-bond donors (Lipinski definition) is 2. The fourth-order valence-electron chi connectivity index (χ4n) is 2.50. The van der Waals surface area contributed by atoms with Crippen LogP contribution in [0.1, 0.15) is 18.5 Å². The summed E-state index contributed by atoms with van der Waals surface area (Å²) in [7, 11) is 0. The number of rotatable bonds is 3.